The van der Waals surface area contributed by atoms with Crippen molar-refractivity contribution in [2.75, 3.05) is 18.0 Å². The predicted octanol–water partition coefficient (Wildman–Crippen LogP) is 1.17. The van der Waals surface area contributed by atoms with Crippen molar-refractivity contribution in [1.82, 2.24) is 4.98 Å². The zero-order valence-corrected chi connectivity index (χ0v) is 9.27. The van der Waals surface area contributed by atoms with E-state index in [9.17, 15) is 4.79 Å². The molecule has 0 unspecified atom stereocenters. The lowest BCUT2D eigenvalue weighted by molar-refractivity contribution is -0.135. The van der Waals surface area contributed by atoms with Crippen molar-refractivity contribution in [3.63, 3.8) is 0 Å². The fourth-order valence-corrected chi connectivity index (χ4v) is 1.40. The second-order valence-electron chi connectivity index (χ2n) is 3.38. The predicted molar refractivity (Wildman–Crippen MR) is 59.2 cm³/mol. The summed E-state index contributed by atoms with van der Waals surface area (Å²) in [6.07, 6.45) is 0. The van der Waals surface area contributed by atoms with E-state index in [1.54, 1.807) is 24.0 Å². The standard InChI is InChI=1S/C11H13N3O2/c1-3-14(7-11(15)16)10-5-9(6-12)4-8(2)13-10/h4-5H,3,7H2,1-2H3,(H,15,16). The lowest BCUT2D eigenvalue weighted by Gasteiger charge is -2.20. The van der Waals surface area contributed by atoms with E-state index in [2.05, 4.69) is 4.98 Å². The van der Waals surface area contributed by atoms with E-state index in [-0.39, 0.29) is 6.54 Å². The number of likely N-dealkylation sites (N-methyl/N-ethyl adjacent to an activating group) is 1. The molecule has 0 fully saturated rings. The van der Waals surface area contributed by atoms with Crippen molar-refractivity contribution in [2.24, 2.45) is 0 Å². The molecule has 1 aromatic rings. The van der Waals surface area contributed by atoms with Crippen LogP contribution in [0.4, 0.5) is 5.82 Å². The highest BCUT2D eigenvalue weighted by molar-refractivity contribution is 5.73. The molecule has 1 heterocycles. The SMILES string of the molecule is CCN(CC(=O)O)c1cc(C#N)cc(C)n1. The minimum atomic E-state index is -0.913. The van der Waals surface area contributed by atoms with Gasteiger partial charge in [-0.25, -0.2) is 4.98 Å². The minimum Gasteiger partial charge on any atom is -0.480 e. The number of nitrogens with zero attached hydrogens (tertiary/aromatic N) is 3. The number of hydrogen-bond acceptors (Lipinski definition) is 4. The summed E-state index contributed by atoms with van der Waals surface area (Å²) in [4.78, 5) is 16.5. The monoisotopic (exact) mass is 219 g/mol. The van der Waals surface area contributed by atoms with Crippen LogP contribution in [0.25, 0.3) is 0 Å². The number of anilines is 1. The van der Waals surface area contributed by atoms with Crippen LogP contribution in [0.3, 0.4) is 0 Å². The molecule has 5 heteroatoms. The summed E-state index contributed by atoms with van der Waals surface area (Å²) in [5.41, 5.74) is 1.20. The summed E-state index contributed by atoms with van der Waals surface area (Å²) in [6, 6.07) is 5.29. The maximum atomic E-state index is 10.6. The topological polar surface area (TPSA) is 77.2 Å². The third-order valence-electron chi connectivity index (χ3n) is 2.10. The van der Waals surface area contributed by atoms with Crippen molar-refractivity contribution in [3.8, 4) is 6.07 Å². The molecule has 1 aromatic heterocycles. The van der Waals surface area contributed by atoms with Crippen molar-refractivity contribution in [2.45, 2.75) is 13.8 Å². The van der Waals surface area contributed by atoms with E-state index < -0.39 is 5.97 Å². The van der Waals surface area contributed by atoms with Crippen LogP contribution in [0, 0.1) is 18.3 Å². The van der Waals surface area contributed by atoms with Crippen LogP contribution in [0.15, 0.2) is 12.1 Å². The summed E-state index contributed by atoms with van der Waals surface area (Å²) in [6.45, 7) is 4.05. The number of aromatic nitrogens is 1. The lowest BCUT2D eigenvalue weighted by atomic mass is 10.2. The Morgan fingerprint density at radius 3 is 2.81 bits per heavy atom. The second kappa shape index (κ2) is 5.12. The first-order valence-corrected chi connectivity index (χ1v) is 4.92. The Morgan fingerprint density at radius 1 is 1.62 bits per heavy atom. The molecule has 0 atom stereocenters. The second-order valence-corrected chi connectivity index (χ2v) is 3.38. The van der Waals surface area contributed by atoms with Gasteiger partial charge in [-0.2, -0.15) is 5.26 Å². The van der Waals surface area contributed by atoms with Gasteiger partial charge in [0.1, 0.15) is 12.4 Å². The average molecular weight is 219 g/mol. The quantitative estimate of drug-likeness (QED) is 0.822. The van der Waals surface area contributed by atoms with Gasteiger partial charge in [-0.3, -0.25) is 4.79 Å². The average Bonchev–Trinajstić information content (AvgIpc) is 2.24. The number of carboxylic acid groups (broad SMARTS) is 1. The number of hydrogen-bond donors (Lipinski definition) is 1. The molecule has 5 nitrogen and oxygen atoms in total. The smallest absolute Gasteiger partial charge is 0.323 e. The normalized spacial score (nSPS) is 9.56. The molecule has 0 aliphatic rings. The molecule has 1 N–H and O–H groups in total. The molecule has 0 bridgehead atoms. The highest BCUT2D eigenvalue weighted by Crippen LogP contribution is 2.14. The van der Waals surface area contributed by atoms with Gasteiger partial charge in [0.25, 0.3) is 0 Å². The van der Waals surface area contributed by atoms with E-state index in [4.69, 9.17) is 10.4 Å². The summed E-state index contributed by atoms with van der Waals surface area (Å²) >= 11 is 0. The molecule has 0 saturated heterocycles. The van der Waals surface area contributed by atoms with Crippen molar-refractivity contribution in [1.29, 1.82) is 5.26 Å². The fourth-order valence-electron chi connectivity index (χ4n) is 1.40. The Hall–Kier alpha value is -2.09. The molecular weight excluding hydrogens is 206 g/mol. The number of carbonyl (C=O) groups is 1. The van der Waals surface area contributed by atoms with E-state index in [0.717, 1.165) is 0 Å². The van der Waals surface area contributed by atoms with Crippen LogP contribution in [0.2, 0.25) is 0 Å². The molecule has 16 heavy (non-hydrogen) atoms. The molecule has 0 aromatic carbocycles. The van der Waals surface area contributed by atoms with Crippen LogP contribution >= 0.6 is 0 Å². The fraction of sp³-hybridized carbons (Fsp3) is 0.364. The Labute approximate surface area is 93.9 Å². The number of aryl methyl sites for hydroxylation is 1. The van der Waals surface area contributed by atoms with E-state index in [1.807, 2.05) is 13.0 Å². The number of rotatable bonds is 4. The molecule has 0 spiro atoms. The highest BCUT2D eigenvalue weighted by Gasteiger charge is 2.11. The Morgan fingerprint density at radius 2 is 2.31 bits per heavy atom. The molecular formula is C11H13N3O2. The zero-order valence-electron chi connectivity index (χ0n) is 9.27. The van der Waals surface area contributed by atoms with Gasteiger partial charge in [0.05, 0.1) is 11.6 Å². The molecule has 0 saturated carbocycles. The van der Waals surface area contributed by atoms with Gasteiger partial charge < -0.3 is 10.0 Å². The van der Waals surface area contributed by atoms with Crippen LogP contribution in [-0.2, 0) is 4.79 Å². The maximum Gasteiger partial charge on any atom is 0.323 e. The van der Waals surface area contributed by atoms with Crippen molar-refractivity contribution < 1.29 is 9.90 Å². The van der Waals surface area contributed by atoms with Gasteiger partial charge >= 0.3 is 5.97 Å². The maximum absolute atomic E-state index is 10.6. The lowest BCUT2D eigenvalue weighted by Crippen LogP contribution is -2.30. The van der Waals surface area contributed by atoms with Crippen LogP contribution < -0.4 is 4.90 Å². The molecule has 0 aliphatic carbocycles. The molecule has 84 valence electrons. The Kier molecular flexibility index (Phi) is 3.84. The van der Waals surface area contributed by atoms with Gasteiger partial charge in [0, 0.05) is 12.2 Å². The van der Waals surface area contributed by atoms with E-state index >= 15 is 0 Å². The van der Waals surface area contributed by atoms with Gasteiger partial charge in [-0.05, 0) is 26.0 Å². The number of aliphatic carboxylic acids is 1. The van der Waals surface area contributed by atoms with Crippen LogP contribution in [-0.4, -0.2) is 29.1 Å². The van der Waals surface area contributed by atoms with Crippen LogP contribution in [0.1, 0.15) is 18.2 Å². The van der Waals surface area contributed by atoms with Crippen molar-refractivity contribution in [3.05, 3.63) is 23.4 Å². The third-order valence-corrected chi connectivity index (χ3v) is 2.10. The zero-order chi connectivity index (χ0) is 12.1. The largest absolute Gasteiger partial charge is 0.480 e. The first kappa shape index (κ1) is 12.0. The van der Waals surface area contributed by atoms with Gasteiger partial charge in [-0.15, -0.1) is 0 Å². The van der Waals surface area contributed by atoms with Crippen molar-refractivity contribution >= 4 is 11.8 Å². The number of pyridine rings is 1. The first-order chi connectivity index (χ1) is 7.56. The summed E-state index contributed by atoms with van der Waals surface area (Å²) in [5.74, 6) is -0.384. The Balaban J connectivity index is 3.05. The number of carboxylic acids is 1. The number of nitriles is 1. The van der Waals surface area contributed by atoms with Gasteiger partial charge in [-0.1, -0.05) is 0 Å². The Bertz CT molecular complexity index is 437. The first-order valence-electron chi connectivity index (χ1n) is 4.92. The molecule has 1 rings (SSSR count). The third kappa shape index (κ3) is 2.95. The van der Waals surface area contributed by atoms with Crippen LogP contribution in [0.5, 0.6) is 0 Å². The molecule has 0 aliphatic heterocycles. The summed E-state index contributed by atoms with van der Waals surface area (Å²) in [7, 11) is 0. The molecule has 0 amide bonds. The summed E-state index contributed by atoms with van der Waals surface area (Å²) < 4.78 is 0. The van der Waals surface area contributed by atoms with Gasteiger partial charge in [0.2, 0.25) is 0 Å². The highest BCUT2D eigenvalue weighted by atomic mass is 16.4. The van der Waals surface area contributed by atoms with E-state index in [0.29, 0.717) is 23.6 Å². The van der Waals surface area contributed by atoms with E-state index in [1.165, 1.54) is 0 Å². The van der Waals surface area contributed by atoms with Gasteiger partial charge in [0.15, 0.2) is 0 Å². The minimum absolute atomic E-state index is 0.113. The summed E-state index contributed by atoms with van der Waals surface area (Å²) in [5, 5.41) is 17.5. The molecule has 0 radical (unpaired) electrons.